The zero-order valence-corrected chi connectivity index (χ0v) is 9.25. The van der Waals surface area contributed by atoms with Crippen molar-refractivity contribution in [1.29, 1.82) is 5.26 Å². The Morgan fingerprint density at radius 3 is 3.00 bits per heavy atom. The van der Waals surface area contributed by atoms with Crippen LogP contribution in [0.15, 0.2) is 34.9 Å². The van der Waals surface area contributed by atoms with E-state index < -0.39 is 5.97 Å². The van der Waals surface area contributed by atoms with Gasteiger partial charge in [-0.2, -0.15) is 5.26 Å². The Labute approximate surface area is 102 Å². The zero-order chi connectivity index (χ0) is 13.0. The maximum absolute atomic E-state index is 10.6. The van der Waals surface area contributed by atoms with Gasteiger partial charge in [0.25, 0.3) is 0 Å². The highest BCUT2D eigenvalue weighted by Gasteiger charge is 2.10. The van der Waals surface area contributed by atoms with Gasteiger partial charge in [-0.1, -0.05) is 11.2 Å². The lowest BCUT2D eigenvalue weighted by Crippen LogP contribution is -1.98. The maximum Gasteiger partial charge on any atom is 0.358 e. The smallest absolute Gasteiger partial charge is 0.358 e. The number of carboxylic acids is 1. The summed E-state index contributed by atoms with van der Waals surface area (Å²) >= 11 is 0. The van der Waals surface area contributed by atoms with E-state index in [1.165, 1.54) is 6.07 Å². The van der Waals surface area contributed by atoms with Crippen molar-refractivity contribution in [3.63, 3.8) is 0 Å². The average molecular weight is 243 g/mol. The molecule has 0 spiro atoms. The van der Waals surface area contributed by atoms with Crippen LogP contribution in [-0.2, 0) is 6.54 Å². The Balaban J connectivity index is 2.02. The lowest BCUT2D eigenvalue weighted by molar-refractivity contribution is 0.0685. The predicted molar refractivity (Wildman–Crippen MR) is 61.9 cm³/mol. The Morgan fingerprint density at radius 2 is 2.33 bits per heavy atom. The van der Waals surface area contributed by atoms with Gasteiger partial charge in [-0.05, 0) is 18.2 Å². The molecule has 1 heterocycles. The van der Waals surface area contributed by atoms with Crippen molar-refractivity contribution in [3.8, 4) is 6.07 Å². The van der Waals surface area contributed by atoms with Crippen molar-refractivity contribution < 1.29 is 14.4 Å². The molecule has 2 aromatic rings. The fraction of sp³-hybridized carbons (Fsp3) is 0.0833. The second kappa shape index (κ2) is 5.01. The van der Waals surface area contributed by atoms with E-state index in [1.807, 2.05) is 6.07 Å². The molecule has 18 heavy (non-hydrogen) atoms. The van der Waals surface area contributed by atoms with Gasteiger partial charge in [0, 0.05) is 11.8 Å². The summed E-state index contributed by atoms with van der Waals surface area (Å²) < 4.78 is 4.85. The number of carbonyl (C=O) groups is 1. The number of aromatic carboxylic acids is 1. The quantitative estimate of drug-likeness (QED) is 0.850. The van der Waals surface area contributed by atoms with Crippen molar-refractivity contribution in [2.75, 3.05) is 5.32 Å². The van der Waals surface area contributed by atoms with Crippen LogP contribution in [0.1, 0.15) is 21.8 Å². The van der Waals surface area contributed by atoms with Gasteiger partial charge in [-0.25, -0.2) is 4.79 Å². The molecule has 1 aromatic carbocycles. The molecular formula is C12H9N3O3. The van der Waals surface area contributed by atoms with E-state index in [9.17, 15) is 4.79 Å². The molecule has 0 radical (unpaired) electrons. The number of nitriles is 1. The largest absolute Gasteiger partial charge is 0.476 e. The van der Waals surface area contributed by atoms with Crippen LogP contribution < -0.4 is 5.32 Å². The van der Waals surface area contributed by atoms with Gasteiger partial charge >= 0.3 is 5.97 Å². The number of benzene rings is 1. The first-order valence-corrected chi connectivity index (χ1v) is 5.12. The number of nitrogens with one attached hydrogen (secondary N) is 1. The average Bonchev–Trinajstić information content (AvgIpc) is 2.85. The summed E-state index contributed by atoms with van der Waals surface area (Å²) in [6.45, 7) is 0.301. The van der Waals surface area contributed by atoms with Gasteiger partial charge in [-0.15, -0.1) is 0 Å². The van der Waals surface area contributed by atoms with E-state index >= 15 is 0 Å². The summed E-state index contributed by atoms with van der Waals surface area (Å²) in [5.41, 5.74) is 1.17. The standard InChI is InChI=1S/C12H9N3O3/c13-6-8-2-1-3-9(4-8)14-7-10-5-11(12(16)17)15-18-10/h1-5,14H,7H2,(H,16,17). The highest BCUT2D eigenvalue weighted by Crippen LogP contribution is 2.12. The minimum absolute atomic E-state index is 0.127. The molecule has 0 fully saturated rings. The molecule has 0 saturated carbocycles. The molecule has 0 atom stereocenters. The molecule has 2 N–H and O–H groups in total. The first-order chi connectivity index (χ1) is 8.69. The second-order valence-corrected chi connectivity index (χ2v) is 3.53. The van der Waals surface area contributed by atoms with Crippen LogP contribution in [0.25, 0.3) is 0 Å². The number of hydrogen-bond donors (Lipinski definition) is 2. The molecule has 0 bridgehead atoms. The molecule has 0 saturated heterocycles. The van der Waals surface area contributed by atoms with Crippen molar-refractivity contribution in [2.24, 2.45) is 0 Å². The number of hydrogen-bond acceptors (Lipinski definition) is 5. The van der Waals surface area contributed by atoms with Crippen molar-refractivity contribution in [2.45, 2.75) is 6.54 Å². The van der Waals surface area contributed by atoms with Crippen molar-refractivity contribution >= 4 is 11.7 Å². The normalized spacial score (nSPS) is 9.72. The topological polar surface area (TPSA) is 99.2 Å². The summed E-state index contributed by atoms with van der Waals surface area (Å²) in [6.07, 6.45) is 0. The van der Waals surface area contributed by atoms with Crippen LogP contribution in [0.5, 0.6) is 0 Å². The Bertz CT molecular complexity index is 613. The van der Waals surface area contributed by atoms with Gasteiger partial charge in [0.15, 0.2) is 11.5 Å². The fourth-order valence-electron chi connectivity index (χ4n) is 1.38. The van der Waals surface area contributed by atoms with E-state index in [4.69, 9.17) is 14.9 Å². The van der Waals surface area contributed by atoms with Crippen LogP contribution in [0.4, 0.5) is 5.69 Å². The third-order valence-electron chi connectivity index (χ3n) is 2.24. The molecule has 6 nitrogen and oxygen atoms in total. The fourth-order valence-corrected chi connectivity index (χ4v) is 1.38. The summed E-state index contributed by atoms with van der Waals surface area (Å²) in [5.74, 6) is -0.716. The van der Waals surface area contributed by atoms with Crippen LogP contribution in [-0.4, -0.2) is 16.2 Å². The molecule has 1 aromatic heterocycles. The van der Waals surface area contributed by atoms with Crippen molar-refractivity contribution in [3.05, 3.63) is 47.3 Å². The molecule has 0 unspecified atom stereocenters. The Morgan fingerprint density at radius 1 is 1.50 bits per heavy atom. The van der Waals surface area contributed by atoms with Gasteiger partial charge < -0.3 is 14.9 Å². The monoisotopic (exact) mass is 243 g/mol. The summed E-state index contributed by atoms with van der Waals surface area (Å²) in [5, 5.41) is 23.8. The summed E-state index contributed by atoms with van der Waals surface area (Å²) in [7, 11) is 0. The Kier molecular flexibility index (Phi) is 3.25. The SMILES string of the molecule is N#Cc1cccc(NCc2cc(C(=O)O)no2)c1. The minimum Gasteiger partial charge on any atom is -0.476 e. The number of nitrogens with zero attached hydrogens (tertiary/aromatic N) is 2. The van der Waals surface area contributed by atoms with Crippen LogP contribution in [0.3, 0.4) is 0 Å². The first-order valence-electron chi connectivity index (χ1n) is 5.12. The number of aromatic nitrogens is 1. The van der Waals surface area contributed by atoms with E-state index in [1.54, 1.807) is 24.3 Å². The van der Waals surface area contributed by atoms with Crippen LogP contribution in [0.2, 0.25) is 0 Å². The number of carboxylic acid groups (broad SMARTS) is 1. The van der Waals surface area contributed by atoms with E-state index in [-0.39, 0.29) is 5.69 Å². The van der Waals surface area contributed by atoms with Crippen LogP contribution in [0, 0.1) is 11.3 Å². The molecular weight excluding hydrogens is 234 g/mol. The molecule has 90 valence electrons. The molecule has 0 aliphatic carbocycles. The van der Waals surface area contributed by atoms with Crippen LogP contribution >= 0.6 is 0 Å². The maximum atomic E-state index is 10.6. The summed E-state index contributed by atoms with van der Waals surface area (Å²) in [4.78, 5) is 10.6. The van der Waals surface area contributed by atoms with Gasteiger partial charge in [0.05, 0.1) is 18.2 Å². The van der Waals surface area contributed by atoms with Gasteiger partial charge in [0.2, 0.25) is 0 Å². The highest BCUT2D eigenvalue weighted by atomic mass is 16.5. The molecule has 0 amide bonds. The number of anilines is 1. The van der Waals surface area contributed by atoms with E-state index in [2.05, 4.69) is 10.5 Å². The lowest BCUT2D eigenvalue weighted by Gasteiger charge is -2.03. The Hall–Kier alpha value is -2.81. The zero-order valence-electron chi connectivity index (χ0n) is 9.25. The van der Waals surface area contributed by atoms with E-state index in [0.29, 0.717) is 17.9 Å². The van der Waals surface area contributed by atoms with Gasteiger partial charge in [-0.3, -0.25) is 0 Å². The molecule has 6 heteroatoms. The molecule has 2 rings (SSSR count). The summed E-state index contributed by atoms with van der Waals surface area (Å²) in [6, 6.07) is 10.3. The third kappa shape index (κ3) is 2.65. The highest BCUT2D eigenvalue weighted by molar-refractivity contribution is 5.85. The molecule has 0 aliphatic heterocycles. The third-order valence-corrected chi connectivity index (χ3v) is 2.24. The lowest BCUT2D eigenvalue weighted by atomic mass is 10.2. The minimum atomic E-state index is -1.13. The molecule has 0 aliphatic rings. The van der Waals surface area contributed by atoms with Gasteiger partial charge in [0.1, 0.15) is 0 Å². The predicted octanol–water partition coefficient (Wildman–Crippen LogP) is 1.86. The van der Waals surface area contributed by atoms with Crippen molar-refractivity contribution in [1.82, 2.24) is 5.16 Å². The van der Waals surface area contributed by atoms with E-state index in [0.717, 1.165) is 5.69 Å². The first kappa shape index (κ1) is 11.7. The number of rotatable bonds is 4. The second-order valence-electron chi connectivity index (χ2n) is 3.53.